The van der Waals surface area contributed by atoms with Crippen LogP contribution in [0.2, 0.25) is 0 Å². The first-order chi connectivity index (χ1) is 13.6. The highest BCUT2D eigenvalue weighted by atomic mass is 16.5. The highest BCUT2D eigenvalue weighted by Gasteiger charge is 2.41. The fourth-order valence-corrected chi connectivity index (χ4v) is 3.56. The first-order valence-electron chi connectivity index (χ1n) is 9.91. The normalized spacial score (nSPS) is 16.8. The summed E-state index contributed by atoms with van der Waals surface area (Å²) in [7, 11) is 0. The van der Waals surface area contributed by atoms with Crippen LogP contribution in [0.4, 0.5) is 5.69 Å². The minimum atomic E-state index is -0.653. The monoisotopic (exact) mass is 380 g/mol. The van der Waals surface area contributed by atoms with Gasteiger partial charge in [-0.15, -0.1) is 0 Å². The average Bonchev–Trinajstić information content (AvgIpc) is 2.75. The van der Waals surface area contributed by atoms with Gasteiger partial charge in [0.25, 0.3) is 5.91 Å². The van der Waals surface area contributed by atoms with Gasteiger partial charge in [-0.1, -0.05) is 49.4 Å². The second-order valence-electron chi connectivity index (χ2n) is 7.34. The predicted molar refractivity (Wildman–Crippen MR) is 110 cm³/mol. The maximum absolute atomic E-state index is 13.4. The number of para-hydroxylation sites is 1. The van der Waals surface area contributed by atoms with Crippen LogP contribution >= 0.6 is 0 Å². The van der Waals surface area contributed by atoms with Crippen LogP contribution < -0.4 is 10.6 Å². The molecular formula is C23H28N2O3. The van der Waals surface area contributed by atoms with Crippen molar-refractivity contribution in [3.05, 3.63) is 65.7 Å². The third kappa shape index (κ3) is 4.25. The maximum Gasteiger partial charge on any atom is 0.253 e. The van der Waals surface area contributed by atoms with Gasteiger partial charge in [0.1, 0.15) is 0 Å². The number of rotatable bonds is 6. The summed E-state index contributed by atoms with van der Waals surface area (Å²) >= 11 is 0. The molecule has 1 aliphatic rings. The Labute approximate surface area is 166 Å². The van der Waals surface area contributed by atoms with Crippen LogP contribution in [0, 0.1) is 0 Å². The molecule has 1 unspecified atom stereocenters. The van der Waals surface area contributed by atoms with Crippen molar-refractivity contribution < 1.29 is 14.3 Å². The van der Waals surface area contributed by atoms with Gasteiger partial charge in [0.15, 0.2) is 0 Å². The molecule has 0 aromatic heterocycles. The topological polar surface area (TPSA) is 67.4 Å². The molecule has 28 heavy (non-hydrogen) atoms. The summed E-state index contributed by atoms with van der Waals surface area (Å²) in [6, 6.07) is 17.1. The Bertz CT molecular complexity index is 814. The Morgan fingerprint density at radius 1 is 1.04 bits per heavy atom. The van der Waals surface area contributed by atoms with E-state index in [9.17, 15) is 9.59 Å². The van der Waals surface area contributed by atoms with Crippen molar-refractivity contribution in [2.75, 3.05) is 18.5 Å². The third-order valence-electron chi connectivity index (χ3n) is 5.52. The van der Waals surface area contributed by atoms with Crippen molar-refractivity contribution in [1.82, 2.24) is 5.32 Å². The molecule has 2 amide bonds. The molecule has 1 aliphatic heterocycles. The van der Waals surface area contributed by atoms with Crippen molar-refractivity contribution in [3.63, 3.8) is 0 Å². The van der Waals surface area contributed by atoms with Crippen LogP contribution in [0.25, 0.3) is 0 Å². The summed E-state index contributed by atoms with van der Waals surface area (Å²) < 4.78 is 5.52. The van der Waals surface area contributed by atoms with Crippen LogP contribution in [0.5, 0.6) is 0 Å². The van der Waals surface area contributed by atoms with E-state index < -0.39 is 5.41 Å². The van der Waals surface area contributed by atoms with Crippen LogP contribution in [0.1, 0.15) is 49.0 Å². The van der Waals surface area contributed by atoms with Crippen LogP contribution in [-0.4, -0.2) is 31.1 Å². The molecule has 1 atom stereocenters. The van der Waals surface area contributed by atoms with Gasteiger partial charge in [-0.05, 0) is 43.9 Å². The van der Waals surface area contributed by atoms with Gasteiger partial charge >= 0.3 is 0 Å². The lowest BCUT2D eigenvalue weighted by Crippen LogP contribution is -2.45. The van der Waals surface area contributed by atoms with Crippen molar-refractivity contribution in [1.29, 1.82) is 0 Å². The van der Waals surface area contributed by atoms with Crippen molar-refractivity contribution >= 4 is 17.5 Å². The van der Waals surface area contributed by atoms with E-state index in [4.69, 9.17) is 4.74 Å². The maximum atomic E-state index is 13.4. The Morgan fingerprint density at radius 2 is 1.68 bits per heavy atom. The molecule has 1 heterocycles. The minimum Gasteiger partial charge on any atom is -0.381 e. The number of carbonyl (C=O) groups is 2. The first kappa shape index (κ1) is 20.1. The van der Waals surface area contributed by atoms with Gasteiger partial charge in [0.2, 0.25) is 5.91 Å². The number of nitrogens with one attached hydrogen (secondary N) is 2. The zero-order valence-corrected chi connectivity index (χ0v) is 16.5. The van der Waals surface area contributed by atoms with E-state index in [-0.39, 0.29) is 17.9 Å². The fourth-order valence-electron chi connectivity index (χ4n) is 3.56. The molecule has 2 aromatic carbocycles. The second-order valence-corrected chi connectivity index (χ2v) is 7.34. The zero-order valence-electron chi connectivity index (χ0n) is 16.5. The molecule has 5 heteroatoms. The number of amides is 2. The van der Waals surface area contributed by atoms with E-state index in [0.29, 0.717) is 37.3 Å². The first-order valence-corrected chi connectivity index (χ1v) is 9.91. The van der Waals surface area contributed by atoms with Crippen LogP contribution in [0.3, 0.4) is 0 Å². The Morgan fingerprint density at radius 3 is 2.36 bits per heavy atom. The Balaban J connectivity index is 1.88. The van der Waals surface area contributed by atoms with Gasteiger partial charge in [-0.3, -0.25) is 9.59 Å². The molecule has 0 bridgehead atoms. The molecule has 5 nitrogen and oxygen atoms in total. The van der Waals surface area contributed by atoms with E-state index in [1.165, 1.54) is 0 Å². The summed E-state index contributed by atoms with van der Waals surface area (Å²) in [5, 5.41) is 6.01. The molecule has 1 fully saturated rings. The van der Waals surface area contributed by atoms with Crippen molar-refractivity contribution in [3.8, 4) is 0 Å². The van der Waals surface area contributed by atoms with Gasteiger partial charge < -0.3 is 15.4 Å². The Hall–Kier alpha value is -2.66. The SMILES string of the molecule is CCC(C)NC(=O)c1ccccc1NC(=O)C1(c2ccccc2)CCOCC1. The van der Waals surface area contributed by atoms with E-state index in [2.05, 4.69) is 10.6 Å². The van der Waals surface area contributed by atoms with Gasteiger partial charge in [-0.2, -0.15) is 0 Å². The molecule has 1 saturated heterocycles. The van der Waals surface area contributed by atoms with Crippen molar-refractivity contribution in [2.45, 2.75) is 44.6 Å². The Kier molecular flexibility index (Phi) is 6.47. The highest BCUT2D eigenvalue weighted by molar-refractivity contribution is 6.06. The molecule has 2 N–H and O–H groups in total. The fraction of sp³-hybridized carbons (Fsp3) is 0.391. The molecular weight excluding hydrogens is 352 g/mol. The third-order valence-corrected chi connectivity index (χ3v) is 5.52. The highest BCUT2D eigenvalue weighted by Crippen LogP contribution is 2.36. The molecule has 0 saturated carbocycles. The summed E-state index contributed by atoms with van der Waals surface area (Å²) in [6.45, 7) is 5.07. The number of hydrogen-bond acceptors (Lipinski definition) is 3. The van der Waals surface area contributed by atoms with E-state index in [1.807, 2.05) is 56.3 Å². The summed E-state index contributed by atoms with van der Waals surface area (Å²) in [5.41, 5.74) is 1.35. The average molecular weight is 380 g/mol. The molecule has 0 spiro atoms. The lowest BCUT2D eigenvalue weighted by Gasteiger charge is -2.36. The number of benzene rings is 2. The number of anilines is 1. The van der Waals surface area contributed by atoms with E-state index in [1.54, 1.807) is 12.1 Å². The lowest BCUT2D eigenvalue weighted by atomic mass is 9.73. The number of carbonyl (C=O) groups excluding carboxylic acids is 2. The van der Waals surface area contributed by atoms with Gasteiger partial charge in [0, 0.05) is 19.3 Å². The summed E-state index contributed by atoms with van der Waals surface area (Å²) in [6.07, 6.45) is 2.07. The molecule has 0 radical (unpaired) electrons. The quantitative estimate of drug-likeness (QED) is 0.799. The molecule has 148 valence electrons. The van der Waals surface area contributed by atoms with Gasteiger partial charge in [0.05, 0.1) is 16.7 Å². The summed E-state index contributed by atoms with van der Waals surface area (Å²) in [5.74, 6) is -0.267. The number of ether oxygens (including phenoxy) is 1. The smallest absolute Gasteiger partial charge is 0.253 e. The minimum absolute atomic E-state index is 0.0717. The number of hydrogen-bond donors (Lipinski definition) is 2. The van der Waals surface area contributed by atoms with Crippen molar-refractivity contribution in [2.24, 2.45) is 0 Å². The second kappa shape index (κ2) is 9.02. The predicted octanol–water partition coefficient (Wildman–Crippen LogP) is 3.90. The van der Waals surface area contributed by atoms with Gasteiger partial charge in [-0.25, -0.2) is 0 Å². The molecule has 2 aromatic rings. The summed E-state index contributed by atoms with van der Waals surface area (Å²) in [4.78, 5) is 26.1. The largest absolute Gasteiger partial charge is 0.381 e. The lowest BCUT2D eigenvalue weighted by molar-refractivity contribution is -0.125. The standard InChI is InChI=1S/C23H28N2O3/c1-3-17(2)24-21(26)19-11-7-8-12-20(19)25-22(27)23(13-15-28-16-14-23)18-9-5-4-6-10-18/h4-12,17H,3,13-16H2,1-2H3,(H,24,26)(H,25,27). The van der Waals surface area contributed by atoms with Crippen LogP contribution in [0.15, 0.2) is 54.6 Å². The van der Waals surface area contributed by atoms with E-state index >= 15 is 0 Å². The molecule has 3 rings (SSSR count). The molecule has 0 aliphatic carbocycles. The zero-order chi connectivity index (χ0) is 20.0. The van der Waals surface area contributed by atoms with E-state index in [0.717, 1.165) is 12.0 Å². The van der Waals surface area contributed by atoms with Crippen LogP contribution in [-0.2, 0) is 14.9 Å².